The molecule has 0 saturated heterocycles. The Kier molecular flexibility index (Phi) is 2.56. The van der Waals surface area contributed by atoms with Crippen LogP contribution in [0.1, 0.15) is 5.56 Å². The van der Waals surface area contributed by atoms with Gasteiger partial charge in [0.25, 0.3) is 0 Å². The normalized spacial score (nSPS) is 27.2. The van der Waals surface area contributed by atoms with Gasteiger partial charge in [0.05, 0.1) is 0 Å². The predicted octanol–water partition coefficient (Wildman–Crippen LogP) is 1.75. The van der Waals surface area contributed by atoms with Crippen molar-refractivity contribution in [2.45, 2.75) is 17.3 Å². The molecule has 0 fully saturated rings. The molecule has 13 heavy (non-hydrogen) atoms. The molecule has 0 spiro atoms. The molecule has 1 aromatic rings. The second-order valence-electron chi connectivity index (χ2n) is 3.42. The number of benzene rings is 1. The smallest absolute Gasteiger partial charge is 0.0373 e. The maximum atomic E-state index is 5.95. The van der Waals surface area contributed by atoms with E-state index < -0.39 is 0 Å². The van der Waals surface area contributed by atoms with E-state index in [0.717, 1.165) is 13.0 Å². The first kappa shape index (κ1) is 9.03. The highest BCUT2D eigenvalue weighted by atomic mass is 79.9. The Balaban J connectivity index is 2.29. The molecular weight excluding hydrogens is 228 g/mol. The third-order valence-corrected chi connectivity index (χ3v) is 3.43. The molecule has 1 aliphatic rings. The van der Waals surface area contributed by atoms with Gasteiger partial charge in [-0.25, -0.2) is 0 Å². The Morgan fingerprint density at radius 2 is 2.15 bits per heavy atom. The number of alkyl halides is 1. The van der Waals surface area contributed by atoms with E-state index in [4.69, 9.17) is 5.73 Å². The zero-order valence-electron chi connectivity index (χ0n) is 7.33. The highest BCUT2D eigenvalue weighted by Crippen LogP contribution is 2.23. The van der Waals surface area contributed by atoms with Crippen LogP contribution < -0.4 is 11.1 Å². The summed E-state index contributed by atoms with van der Waals surface area (Å²) in [4.78, 5) is 0.378. The van der Waals surface area contributed by atoms with E-state index in [1.165, 1.54) is 11.3 Å². The SMILES string of the molecule is NC1CNc2ccccc2CC1Br. The topological polar surface area (TPSA) is 38.0 Å². The van der Waals surface area contributed by atoms with Crippen molar-refractivity contribution < 1.29 is 0 Å². The molecule has 0 aliphatic carbocycles. The fraction of sp³-hybridized carbons (Fsp3) is 0.400. The highest BCUT2D eigenvalue weighted by Gasteiger charge is 2.19. The number of hydrogen-bond donors (Lipinski definition) is 2. The van der Waals surface area contributed by atoms with Crippen LogP contribution in [0, 0.1) is 0 Å². The maximum Gasteiger partial charge on any atom is 0.0373 e. The molecule has 0 bridgehead atoms. The summed E-state index contributed by atoms with van der Waals surface area (Å²) in [7, 11) is 0. The first-order valence-corrected chi connectivity index (χ1v) is 5.40. The Labute approximate surface area is 86.6 Å². The van der Waals surface area contributed by atoms with Gasteiger partial charge in [-0.3, -0.25) is 0 Å². The average Bonchev–Trinajstić information content (AvgIpc) is 2.28. The molecule has 2 atom stereocenters. The fourth-order valence-electron chi connectivity index (χ4n) is 1.59. The first-order chi connectivity index (χ1) is 6.27. The summed E-state index contributed by atoms with van der Waals surface area (Å²) in [5.41, 5.74) is 8.52. The van der Waals surface area contributed by atoms with Crippen molar-refractivity contribution in [3.63, 3.8) is 0 Å². The lowest BCUT2D eigenvalue weighted by Crippen LogP contribution is -2.36. The fourth-order valence-corrected chi connectivity index (χ4v) is 2.12. The molecule has 1 aromatic carbocycles. The number of anilines is 1. The highest BCUT2D eigenvalue weighted by molar-refractivity contribution is 9.09. The molecule has 1 aliphatic heterocycles. The Hall–Kier alpha value is -0.540. The molecule has 0 radical (unpaired) electrons. The third-order valence-electron chi connectivity index (χ3n) is 2.43. The minimum Gasteiger partial charge on any atom is -0.383 e. The van der Waals surface area contributed by atoms with E-state index in [2.05, 4.69) is 39.4 Å². The van der Waals surface area contributed by atoms with Gasteiger partial charge < -0.3 is 11.1 Å². The van der Waals surface area contributed by atoms with Crippen LogP contribution in [0.15, 0.2) is 24.3 Å². The summed E-state index contributed by atoms with van der Waals surface area (Å²) in [6.07, 6.45) is 1.00. The lowest BCUT2D eigenvalue weighted by molar-refractivity contribution is 0.678. The number of nitrogens with two attached hydrogens (primary N) is 1. The van der Waals surface area contributed by atoms with Crippen LogP contribution in [0.3, 0.4) is 0 Å². The summed E-state index contributed by atoms with van der Waals surface area (Å²) in [6, 6.07) is 8.55. The zero-order valence-corrected chi connectivity index (χ0v) is 8.92. The Morgan fingerprint density at radius 1 is 1.38 bits per heavy atom. The lowest BCUT2D eigenvalue weighted by Gasteiger charge is -2.13. The van der Waals surface area contributed by atoms with Gasteiger partial charge in [-0.15, -0.1) is 0 Å². The first-order valence-electron chi connectivity index (χ1n) is 4.49. The minimum atomic E-state index is 0.187. The second kappa shape index (κ2) is 3.68. The van der Waals surface area contributed by atoms with Crippen molar-refractivity contribution >= 4 is 21.6 Å². The van der Waals surface area contributed by atoms with Crippen LogP contribution in [0.5, 0.6) is 0 Å². The van der Waals surface area contributed by atoms with Crippen molar-refractivity contribution in [1.29, 1.82) is 0 Å². The summed E-state index contributed by atoms with van der Waals surface area (Å²) < 4.78 is 0. The molecule has 1 heterocycles. The largest absolute Gasteiger partial charge is 0.383 e. The van der Waals surface area contributed by atoms with Crippen molar-refractivity contribution in [1.82, 2.24) is 0 Å². The molecule has 0 amide bonds. The average molecular weight is 241 g/mol. The van der Waals surface area contributed by atoms with Gasteiger partial charge in [0.2, 0.25) is 0 Å². The van der Waals surface area contributed by atoms with E-state index in [0.29, 0.717) is 4.83 Å². The van der Waals surface area contributed by atoms with Crippen LogP contribution in [0.25, 0.3) is 0 Å². The van der Waals surface area contributed by atoms with Crippen molar-refractivity contribution in [3.8, 4) is 0 Å². The van der Waals surface area contributed by atoms with Gasteiger partial charge >= 0.3 is 0 Å². The molecule has 3 heteroatoms. The van der Waals surface area contributed by atoms with Gasteiger partial charge in [-0.1, -0.05) is 34.1 Å². The van der Waals surface area contributed by atoms with Gasteiger partial charge in [0.1, 0.15) is 0 Å². The molecular formula is C10H13BrN2. The predicted molar refractivity (Wildman–Crippen MR) is 59.3 cm³/mol. The summed E-state index contributed by atoms with van der Waals surface area (Å²) in [6.45, 7) is 0.840. The van der Waals surface area contributed by atoms with Gasteiger partial charge in [0.15, 0.2) is 0 Å². The van der Waals surface area contributed by atoms with Crippen molar-refractivity contribution in [2.24, 2.45) is 5.73 Å². The van der Waals surface area contributed by atoms with Crippen molar-refractivity contribution in [3.05, 3.63) is 29.8 Å². The van der Waals surface area contributed by atoms with E-state index in [1.807, 2.05) is 6.07 Å². The molecule has 2 unspecified atom stereocenters. The molecule has 2 rings (SSSR count). The number of nitrogens with one attached hydrogen (secondary N) is 1. The van der Waals surface area contributed by atoms with Gasteiger partial charge in [-0.2, -0.15) is 0 Å². The molecule has 70 valence electrons. The monoisotopic (exact) mass is 240 g/mol. The number of para-hydroxylation sites is 1. The number of hydrogen-bond acceptors (Lipinski definition) is 2. The van der Waals surface area contributed by atoms with Crippen LogP contribution in [-0.4, -0.2) is 17.4 Å². The second-order valence-corrected chi connectivity index (χ2v) is 4.60. The summed E-state index contributed by atoms with van der Waals surface area (Å²) in [5, 5.41) is 3.35. The van der Waals surface area contributed by atoms with Gasteiger partial charge in [-0.05, 0) is 18.1 Å². The van der Waals surface area contributed by atoms with E-state index >= 15 is 0 Å². The summed E-state index contributed by atoms with van der Waals surface area (Å²) in [5.74, 6) is 0. The van der Waals surface area contributed by atoms with Crippen LogP contribution in [0.2, 0.25) is 0 Å². The van der Waals surface area contributed by atoms with E-state index in [9.17, 15) is 0 Å². The van der Waals surface area contributed by atoms with E-state index in [1.54, 1.807) is 0 Å². The van der Waals surface area contributed by atoms with Crippen LogP contribution >= 0.6 is 15.9 Å². The maximum absolute atomic E-state index is 5.95. The van der Waals surface area contributed by atoms with Crippen molar-refractivity contribution in [2.75, 3.05) is 11.9 Å². The number of halogens is 1. The number of fused-ring (bicyclic) bond motifs is 1. The van der Waals surface area contributed by atoms with Crippen LogP contribution in [-0.2, 0) is 6.42 Å². The lowest BCUT2D eigenvalue weighted by atomic mass is 10.1. The number of rotatable bonds is 0. The third kappa shape index (κ3) is 1.86. The Morgan fingerprint density at radius 3 is 3.00 bits per heavy atom. The molecule has 0 aromatic heterocycles. The molecule has 2 nitrogen and oxygen atoms in total. The van der Waals surface area contributed by atoms with Gasteiger partial charge in [0, 0.05) is 23.1 Å². The van der Waals surface area contributed by atoms with E-state index in [-0.39, 0.29) is 6.04 Å². The Bertz CT molecular complexity index is 301. The minimum absolute atomic E-state index is 0.187. The standard InChI is InChI=1S/C10H13BrN2/c11-8-5-7-3-1-2-4-10(7)13-6-9(8)12/h1-4,8-9,13H,5-6,12H2. The van der Waals surface area contributed by atoms with Crippen LogP contribution in [0.4, 0.5) is 5.69 Å². The molecule has 0 saturated carbocycles. The summed E-state index contributed by atoms with van der Waals surface area (Å²) >= 11 is 3.61. The zero-order chi connectivity index (χ0) is 9.26. The molecule has 3 N–H and O–H groups in total. The quantitative estimate of drug-likeness (QED) is 0.679.